The normalized spacial score (nSPS) is 10.8. The van der Waals surface area contributed by atoms with Crippen molar-refractivity contribution in [2.45, 2.75) is 39.5 Å². The average molecular weight is 431 g/mol. The van der Waals surface area contributed by atoms with Crippen molar-refractivity contribution in [1.82, 2.24) is 0 Å². The molecule has 0 radical (unpaired) electrons. The van der Waals surface area contributed by atoms with Crippen LogP contribution in [0.4, 0.5) is 11.4 Å². The number of para-hydroxylation sites is 1. The van der Waals surface area contributed by atoms with Crippen LogP contribution in [0.3, 0.4) is 0 Å². The molecule has 0 saturated heterocycles. The lowest BCUT2D eigenvalue weighted by molar-refractivity contribution is -0.118. The van der Waals surface area contributed by atoms with Gasteiger partial charge in [0.1, 0.15) is 5.75 Å². The Morgan fingerprint density at radius 2 is 1.41 bits per heavy atom. The Morgan fingerprint density at radius 1 is 0.781 bits per heavy atom. The summed E-state index contributed by atoms with van der Waals surface area (Å²) in [6.07, 6.45) is 0. The average Bonchev–Trinajstić information content (AvgIpc) is 2.78. The second-order valence-corrected chi connectivity index (χ2v) is 8.31. The Hall–Kier alpha value is -3.60. The summed E-state index contributed by atoms with van der Waals surface area (Å²) in [5, 5.41) is 5.89. The molecule has 5 heteroatoms. The molecule has 0 heterocycles. The molecule has 3 rings (SSSR count). The van der Waals surface area contributed by atoms with Crippen LogP contribution in [0.1, 0.15) is 61.0 Å². The van der Waals surface area contributed by atoms with Crippen LogP contribution in [0.25, 0.3) is 0 Å². The SMILES string of the molecule is CC(C)c1cccc(C(C)C)c1NC(=O)COc1cccc(NC(=O)c2ccccc2)c1. The summed E-state index contributed by atoms with van der Waals surface area (Å²) in [7, 11) is 0. The first-order valence-electron chi connectivity index (χ1n) is 10.9. The molecule has 0 fully saturated rings. The number of ether oxygens (including phenoxy) is 1. The predicted molar refractivity (Wildman–Crippen MR) is 130 cm³/mol. The zero-order chi connectivity index (χ0) is 23.1. The summed E-state index contributed by atoms with van der Waals surface area (Å²) in [5.74, 6) is 0.655. The zero-order valence-corrected chi connectivity index (χ0v) is 19.0. The summed E-state index contributed by atoms with van der Waals surface area (Å²) < 4.78 is 5.71. The highest BCUT2D eigenvalue weighted by Crippen LogP contribution is 2.32. The predicted octanol–water partition coefficient (Wildman–Crippen LogP) is 6.20. The highest BCUT2D eigenvalue weighted by atomic mass is 16.5. The maximum Gasteiger partial charge on any atom is 0.262 e. The quantitative estimate of drug-likeness (QED) is 0.447. The van der Waals surface area contributed by atoms with Gasteiger partial charge in [-0.1, -0.05) is 70.2 Å². The standard InChI is InChI=1S/C27H30N2O3/c1-18(2)23-14-9-15-24(19(3)4)26(23)29-25(30)17-32-22-13-8-12-21(16-22)28-27(31)20-10-6-5-7-11-20/h5-16,18-19H,17H2,1-4H3,(H,28,31)(H,29,30). The molecule has 0 spiro atoms. The van der Waals surface area contributed by atoms with Crippen molar-refractivity contribution in [2.75, 3.05) is 17.2 Å². The molecule has 5 nitrogen and oxygen atoms in total. The van der Waals surface area contributed by atoms with Crippen molar-refractivity contribution in [3.63, 3.8) is 0 Å². The number of hydrogen-bond donors (Lipinski definition) is 2. The molecule has 0 aliphatic heterocycles. The van der Waals surface area contributed by atoms with Crippen LogP contribution in [0.15, 0.2) is 72.8 Å². The second-order valence-electron chi connectivity index (χ2n) is 8.31. The van der Waals surface area contributed by atoms with E-state index in [9.17, 15) is 9.59 Å². The van der Waals surface area contributed by atoms with Crippen LogP contribution in [0, 0.1) is 0 Å². The van der Waals surface area contributed by atoms with Crippen molar-refractivity contribution in [1.29, 1.82) is 0 Å². The van der Waals surface area contributed by atoms with Crippen molar-refractivity contribution in [2.24, 2.45) is 0 Å². The minimum absolute atomic E-state index is 0.125. The Morgan fingerprint density at radius 3 is 2.03 bits per heavy atom. The van der Waals surface area contributed by atoms with Crippen molar-refractivity contribution < 1.29 is 14.3 Å². The largest absolute Gasteiger partial charge is 0.484 e. The molecule has 32 heavy (non-hydrogen) atoms. The number of rotatable bonds is 8. The third-order valence-corrected chi connectivity index (χ3v) is 5.14. The van der Waals surface area contributed by atoms with Gasteiger partial charge in [0.05, 0.1) is 0 Å². The molecule has 0 saturated carbocycles. The van der Waals surface area contributed by atoms with Gasteiger partial charge in [-0.15, -0.1) is 0 Å². The minimum atomic E-state index is -0.223. The number of carbonyl (C=O) groups is 2. The number of anilines is 2. The Bertz CT molecular complexity index is 1050. The van der Waals surface area contributed by atoms with E-state index in [1.807, 2.05) is 36.4 Å². The fourth-order valence-electron chi connectivity index (χ4n) is 3.48. The second kappa shape index (κ2) is 10.6. The molecule has 0 aliphatic carbocycles. The van der Waals surface area contributed by atoms with Crippen molar-refractivity contribution in [3.8, 4) is 5.75 Å². The third-order valence-electron chi connectivity index (χ3n) is 5.14. The van der Waals surface area contributed by atoms with Crippen LogP contribution >= 0.6 is 0 Å². The van der Waals surface area contributed by atoms with Crippen LogP contribution < -0.4 is 15.4 Å². The van der Waals surface area contributed by atoms with Gasteiger partial charge < -0.3 is 15.4 Å². The summed E-state index contributed by atoms with van der Waals surface area (Å²) in [5.41, 5.74) is 4.26. The zero-order valence-electron chi connectivity index (χ0n) is 19.0. The van der Waals surface area contributed by atoms with E-state index < -0.39 is 0 Å². The molecule has 0 unspecified atom stereocenters. The van der Waals surface area contributed by atoms with Crippen molar-refractivity contribution in [3.05, 3.63) is 89.5 Å². The first kappa shape index (κ1) is 23.1. The summed E-state index contributed by atoms with van der Waals surface area (Å²) in [6, 6.07) is 22.1. The smallest absolute Gasteiger partial charge is 0.262 e. The Balaban J connectivity index is 1.65. The Kier molecular flexibility index (Phi) is 7.66. The number of hydrogen-bond acceptors (Lipinski definition) is 3. The van der Waals surface area contributed by atoms with E-state index in [2.05, 4.69) is 38.3 Å². The minimum Gasteiger partial charge on any atom is -0.484 e. The van der Waals surface area contributed by atoms with Crippen LogP contribution in [0.5, 0.6) is 5.75 Å². The number of amides is 2. The lowest BCUT2D eigenvalue weighted by Crippen LogP contribution is -2.22. The van der Waals surface area contributed by atoms with Crippen molar-refractivity contribution >= 4 is 23.2 Å². The van der Waals surface area contributed by atoms with Gasteiger partial charge in [-0.05, 0) is 47.2 Å². The lowest BCUT2D eigenvalue weighted by Gasteiger charge is -2.20. The summed E-state index contributed by atoms with van der Waals surface area (Å²) in [4.78, 5) is 25.0. The van der Waals surface area contributed by atoms with Gasteiger partial charge in [-0.2, -0.15) is 0 Å². The first-order valence-corrected chi connectivity index (χ1v) is 10.9. The molecule has 0 atom stereocenters. The van der Waals surface area contributed by atoms with Gasteiger partial charge in [-0.25, -0.2) is 0 Å². The molecule has 0 bridgehead atoms. The molecule has 0 aromatic heterocycles. The van der Waals surface area contributed by atoms with Gasteiger partial charge in [0.2, 0.25) is 0 Å². The van der Waals surface area contributed by atoms with Crippen LogP contribution in [0.2, 0.25) is 0 Å². The van der Waals surface area contributed by atoms with E-state index >= 15 is 0 Å². The van der Waals surface area contributed by atoms with E-state index in [1.165, 1.54) is 0 Å². The fraction of sp³-hybridized carbons (Fsp3) is 0.259. The molecule has 3 aromatic carbocycles. The van der Waals surface area contributed by atoms with E-state index in [-0.39, 0.29) is 30.3 Å². The fourth-order valence-corrected chi connectivity index (χ4v) is 3.48. The lowest BCUT2D eigenvalue weighted by atomic mass is 9.92. The molecule has 2 N–H and O–H groups in total. The van der Waals surface area contributed by atoms with Crippen LogP contribution in [-0.2, 0) is 4.79 Å². The van der Waals surface area contributed by atoms with Gasteiger partial charge in [0, 0.05) is 23.0 Å². The molecule has 3 aromatic rings. The van der Waals surface area contributed by atoms with E-state index in [0.29, 0.717) is 17.0 Å². The van der Waals surface area contributed by atoms with Gasteiger partial charge in [0.15, 0.2) is 6.61 Å². The molecule has 2 amide bonds. The van der Waals surface area contributed by atoms with Gasteiger partial charge in [-0.3, -0.25) is 9.59 Å². The molecule has 0 aliphatic rings. The maximum absolute atomic E-state index is 12.7. The number of carbonyl (C=O) groups excluding carboxylic acids is 2. The van der Waals surface area contributed by atoms with E-state index in [4.69, 9.17) is 4.74 Å². The van der Waals surface area contributed by atoms with Gasteiger partial charge >= 0.3 is 0 Å². The van der Waals surface area contributed by atoms with Crippen LogP contribution in [-0.4, -0.2) is 18.4 Å². The number of benzene rings is 3. The monoisotopic (exact) mass is 430 g/mol. The third kappa shape index (κ3) is 5.97. The molecular weight excluding hydrogens is 400 g/mol. The van der Waals surface area contributed by atoms with E-state index in [1.54, 1.807) is 36.4 Å². The first-order chi connectivity index (χ1) is 15.3. The van der Waals surface area contributed by atoms with Gasteiger partial charge in [0.25, 0.3) is 11.8 Å². The Labute approximate surface area is 189 Å². The number of nitrogens with one attached hydrogen (secondary N) is 2. The highest BCUT2D eigenvalue weighted by molar-refractivity contribution is 6.04. The molecular formula is C27H30N2O3. The molecule has 166 valence electrons. The van der Waals surface area contributed by atoms with E-state index in [0.717, 1.165) is 16.8 Å². The maximum atomic E-state index is 12.7. The topological polar surface area (TPSA) is 67.4 Å². The summed E-state index contributed by atoms with van der Waals surface area (Å²) >= 11 is 0. The summed E-state index contributed by atoms with van der Waals surface area (Å²) in [6.45, 7) is 8.32. The highest BCUT2D eigenvalue weighted by Gasteiger charge is 2.16.